The first-order chi connectivity index (χ1) is 14.0. The molecule has 2 N–H and O–H groups in total. The maximum atomic E-state index is 13.5. The van der Waals surface area contributed by atoms with Crippen molar-refractivity contribution >= 4 is 18.0 Å². The van der Waals surface area contributed by atoms with Gasteiger partial charge in [-0.1, -0.05) is 71.4 Å². The molecule has 0 aromatic heterocycles. The third-order valence-electron chi connectivity index (χ3n) is 6.21. The Morgan fingerprint density at radius 1 is 1.23 bits per heavy atom. The lowest BCUT2D eigenvalue weighted by atomic mass is 9.71. The number of hydrogen-bond donors (Lipinski definition) is 2. The Morgan fingerprint density at radius 3 is 2.40 bits per heavy atom. The van der Waals surface area contributed by atoms with Gasteiger partial charge in [-0.3, -0.25) is 4.79 Å². The molecule has 2 amide bonds. The molecule has 7 heteroatoms. The summed E-state index contributed by atoms with van der Waals surface area (Å²) in [5.74, 6) is -1.54. The van der Waals surface area contributed by atoms with E-state index in [1.807, 2.05) is 65.0 Å². The minimum absolute atomic E-state index is 0.0961. The van der Waals surface area contributed by atoms with E-state index in [1.54, 1.807) is 0 Å². The van der Waals surface area contributed by atoms with Crippen molar-refractivity contribution in [1.82, 2.24) is 10.2 Å². The van der Waals surface area contributed by atoms with Gasteiger partial charge in [0.2, 0.25) is 5.91 Å². The fourth-order valence-electron chi connectivity index (χ4n) is 4.18. The van der Waals surface area contributed by atoms with Crippen molar-refractivity contribution in [2.45, 2.75) is 72.1 Å². The van der Waals surface area contributed by atoms with Crippen molar-refractivity contribution in [2.24, 2.45) is 11.3 Å². The molecule has 1 aliphatic heterocycles. The van der Waals surface area contributed by atoms with Crippen LogP contribution in [0.15, 0.2) is 30.3 Å². The molecule has 1 saturated heterocycles. The molecule has 0 unspecified atom stereocenters. The number of hydrogen-bond acceptors (Lipinski definition) is 4. The predicted octanol–water partition coefficient (Wildman–Crippen LogP) is 3.82. The summed E-state index contributed by atoms with van der Waals surface area (Å²) in [4.78, 5) is 39.7. The quantitative estimate of drug-likeness (QED) is 0.702. The maximum absolute atomic E-state index is 13.5. The first-order valence-corrected chi connectivity index (χ1v) is 10.6. The number of rotatable bonds is 7. The molecule has 0 bridgehead atoms. The van der Waals surface area contributed by atoms with E-state index in [0.717, 1.165) is 5.56 Å². The lowest BCUT2D eigenvalue weighted by Gasteiger charge is -2.46. The summed E-state index contributed by atoms with van der Waals surface area (Å²) >= 11 is 0. The number of benzene rings is 1. The highest BCUT2D eigenvalue weighted by Crippen LogP contribution is 2.44. The van der Waals surface area contributed by atoms with Gasteiger partial charge in [0.1, 0.15) is 18.2 Å². The third-order valence-corrected chi connectivity index (χ3v) is 6.21. The molecule has 1 fully saturated rings. The lowest BCUT2D eigenvalue weighted by molar-refractivity contribution is -0.165. The number of nitrogens with one attached hydrogen (secondary N) is 1. The second kappa shape index (κ2) is 9.49. The van der Waals surface area contributed by atoms with Gasteiger partial charge in [0, 0.05) is 6.54 Å². The van der Waals surface area contributed by atoms with E-state index in [9.17, 15) is 19.5 Å². The van der Waals surface area contributed by atoms with Gasteiger partial charge in [0.05, 0.1) is 0 Å². The van der Waals surface area contributed by atoms with Gasteiger partial charge in [-0.05, 0) is 29.7 Å². The molecule has 0 saturated carbocycles. The number of carboxylic acid groups (broad SMARTS) is 1. The smallest absolute Gasteiger partial charge is 0.408 e. The SMILES string of the molecule is CC[C@H](C)[C@H](NC(=O)OCc1ccccc1)C(=O)N1CCC[C@@]1(C(=O)O)C(C)(C)C. The van der Waals surface area contributed by atoms with Crippen LogP contribution in [0.4, 0.5) is 4.79 Å². The standard InChI is InChI=1S/C23H34N2O5/c1-6-16(2)18(24-21(29)30-15-17-11-8-7-9-12-17)19(26)25-14-10-13-23(25,20(27)28)22(3,4)5/h7-9,11-12,16,18H,6,10,13-15H2,1-5H3,(H,24,29)(H,27,28)/t16-,18-,23+/m0/s1. The molecule has 2 rings (SSSR count). The molecule has 1 aliphatic rings. The Hall–Kier alpha value is -2.57. The number of likely N-dealkylation sites (tertiary alicyclic amines) is 1. The Morgan fingerprint density at radius 2 is 1.87 bits per heavy atom. The molecule has 1 aromatic rings. The van der Waals surface area contributed by atoms with Gasteiger partial charge < -0.3 is 20.1 Å². The predicted molar refractivity (Wildman–Crippen MR) is 114 cm³/mol. The van der Waals surface area contributed by atoms with Crippen LogP contribution in [0.2, 0.25) is 0 Å². The van der Waals surface area contributed by atoms with Crippen molar-refractivity contribution in [1.29, 1.82) is 0 Å². The number of carbonyl (C=O) groups is 3. The van der Waals surface area contributed by atoms with Crippen molar-refractivity contribution < 1.29 is 24.2 Å². The van der Waals surface area contributed by atoms with E-state index in [1.165, 1.54) is 4.90 Å². The molecule has 7 nitrogen and oxygen atoms in total. The van der Waals surface area contributed by atoms with Crippen molar-refractivity contribution in [3.8, 4) is 0 Å². The minimum atomic E-state index is -1.30. The van der Waals surface area contributed by atoms with E-state index in [4.69, 9.17) is 4.74 Å². The fourth-order valence-corrected chi connectivity index (χ4v) is 4.18. The number of alkyl carbamates (subject to hydrolysis) is 1. The van der Waals surface area contributed by atoms with Gasteiger partial charge >= 0.3 is 12.1 Å². The summed E-state index contributed by atoms with van der Waals surface area (Å²) in [6.45, 7) is 9.77. The summed E-state index contributed by atoms with van der Waals surface area (Å²) in [6.07, 6.45) is 0.969. The number of amides is 2. The highest BCUT2D eigenvalue weighted by molar-refractivity contribution is 5.92. The van der Waals surface area contributed by atoms with Gasteiger partial charge in [-0.15, -0.1) is 0 Å². The highest BCUT2D eigenvalue weighted by Gasteiger charge is 2.58. The van der Waals surface area contributed by atoms with Gasteiger partial charge in [-0.2, -0.15) is 0 Å². The minimum Gasteiger partial charge on any atom is -0.479 e. The average Bonchev–Trinajstić information content (AvgIpc) is 3.17. The second-order valence-corrected chi connectivity index (χ2v) is 9.08. The van der Waals surface area contributed by atoms with E-state index < -0.39 is 29.1 Å². The van der Waals surface area contributed by atoms with Gasteiger partial charge in [0.15, 0.2) is 0 Å². The highest BCUT2D eigenvalue weighted by atomic mass is 16.5. The molecule has 166 valence electrons. The summed E-state index contributed by atoms with van der Waals surface area (Å²) in [5, 5.41) is 12.8. The van der Waals surface area contributed by atoms with Crippen LogP contribution in [0.5, 0.6) is 0 Å². The molecule has 1 aromatic carbocycles. The van der Waals surface area contributed by atoms with Crippen LogP contribution in [0.3, 0.4) is 0 Å². The Balaban J connectivity index is 2.20. The Kier molecular flexibility index (Phi) is 7.50. The number of nitrogens with zero attached hydrogens (tertiary/aromatic N) is 1. The Bertz CT molecular complexity index is 759. The zero-order valence-electron chi connectivity index (χ0n) is 18.6. The zero-order valence-corrected chi connectivity index (χ0v) is 18.6. The zero-order chi connectivity index (χ0) is 22.5. The molecular weight excluding hydrogens is 384 g/mol. The number of carboxylic acids is 1. The molecule has 0 radical (unpaired) electrons. The lowest BCUT2D eigenvalue weighted by Crippen LogP contribution is -2.64. The van der Waals surface area contributed by atoms with E-state index in [2.05, 4.69) is 5.32 Å². The van der Waals surface area contributed by atoms with Crippen molar-refractivity contribution in [3.63, 3.8) is 0 Å². The van der Waals surface area contributed by atoms with E-state index in [-0.39, 0.29) is 18.4 Å². The molecule has 0 aliphatic carbocycles. The van der Waals surface area contributed by atoms with Crippen molar-refractivity contribution in [3.05, 3.63) is 35.9 Å². The summed E-state index contributed by atoms with van der Waals surface area (Å²) in [6, 6.07) is 8.43. The summed E-state index contributed by atoms with van der Waals surface area (Å²) in [5.41, 5.74) is -1.11. The number of carbonyl (C=O) groups excluding carboxylic acids is 2. The van der Waals surface area contributed by atoms with Crippen LogP contribution in [-0.4, -0.2) is 46.1 Å². The van der Waals surface area contributed by atoms with Crippen molar-refractivity contribution in [2.75, 3.05) is 6.54 Å². The summed E-state index contributed by atoms with van der Waals surface area (Å²) in [7, 11) is 0. The Labute approximate surface area is 178 Å². The second-order valence-electron chi connectivity index (χ2n) is 9.08. The van der Waals surface area contributed by atoms with Crippen LogP contribution in [0.25, 0.3) is 0 Å². The fraction of sp³-hybridized carbons (Fsp3) is 0.609. The van der Waals surface area contributed by atoms with Gasteiger partial charge in [0.25, 0.3) is 0 Å². The van der Waals surface area contributed by atoms with Crippen LogP contribution < -0.4 is 5.32 Å². The van der Waals surface area contributed by atoms with Crippen LogP contribution in [-0.2, 0) is 20.9 Å². The van der Waals surface area contributed by atoms with E-state index >= 15 is 0 Å². The molecule has 30 heavy (non-hydrogen) atoms. The topological polar surface area (TPSA) is 95.9 Å². The summed E-state index contributed by atoms with van der Waals surface area (Å²) < 4.78 is 5.30. The normalized spacial score (nSPS) is 21.0. The molecule has 3 atom stereocenters. The van der Waals surface area contributed by atoms with Crippen LogP contribution in [0.1, 0.15) is 59.4 Å². The van der Waals surface area contributed by atoms with Crippen LogP contribution >= 0.6 is 0 Å². The number of aliphatic carboxylic acids is 1. The molecular formula is C23H34N2O5. The third kappa shape index (κ3) is 4.77. The molecule has 0 spiro atoms. The average molecular weight is 419 g/mol. The van der Waals surface area contributed by atoms with Gasteiger partial charge in [-0.25, -0.2) is 9.59 Å². The first kappa shape index (κ1) is 23.7. The monoisotopic (exact) mass is 418 g/mol. The molecule has 1 heterocycles. The van der Waals surface area contributed by atoms with Crippen LogP contribution in [0, 0.1) is 11.3 Å². The first-order valence-electron chi connectivity index (χ1n) is 10.6. The largest absolute Gasteiger partial charge is 0.479 e. The number of ether oxygens (including phenoxy) is 1. The maximum Gasteiger partial charge on any atom is 0.408 e. The van der Waals surface area contributed by atoms with E-state index in [0.29, 0.717) is 25.8 Å².